The average molecular weight is 356 g/mol. The normalized spacial score (nSPS) is 30.3. The zero-order chi connectivity index (χ0) is 18.1. The van der Waals surface area contributed by atoms with Crippen molar-refractivity contribution in [3.63, 3.8) is 0 Å². The summed E-state index contributed by atoms with van der Waals surface area (Å²) in [6, 6.07) is -1.45. The Hall–Kier alpha value is -1.28. The summed E-state index contributed by atoms with van der Waals surface area (Å²) >= 11 is 1.70. The summed E-state index contributed by atoms with van der Waals surface area (Å²) in [7, 11) is 3.30. The van der Waals surface area contributed by atoms with Crippen molar-refractivity contribution in [1.29, 1.82) is 0 Å². The highest BCUT2D eigenvalue weighted by Gasteiger charge is 2.54. The van der Waals surface area contributed by atoms with E-state index in [1.165, 1.54) is 0 Å². The number of nitrogens with one attached hydrogen (secondary N) is 3. The Morgan fingerprint density at radius 2 is 2.00 bits per heavy atom. The Kier molecular flexibility index (Phi) is 5.80. The number of hydrogen-bond acceptors (Lipinski definition) is 5. The molecule has 0 spiro atoms. The van der Waals surface area contributed by atoms with Gasteiger partial charge in [0.1, 0.15) is 12.1 Å². The fourth-order valence-electron chi connectivity index (χ4n) is 3.42. The van der Waals surface area contributed by atoms with Crippen molar-refractivity contribution in [2.45, 2.75) is 57.1 Å². The predicted octanol–water partition coefficient (Wildman–Crippen LogP) is -0.0848. The van der Waals surface area contributed by atoms with Crippen LogP contribution in [0.15, 0.2) is 0 Å². The number of rotatable bonds is 4. The molecule has 0 aromatic carbocycles. The highest BCUT2D eigenvalue weighted by Crippen LogP contribution is 2.46. The van der Waals surface area contributed by atoms with Gasteiger partial charge in [-0.05, 0) is 38.0 Å². The summed E-state index contributed by atoms with van der Waals surface area (Å²) in [6.45, 7) is 5.79. The van der Waals surface area contributed by atoms with Crippen molar-refractivity contribution in [3.8, 4) is 0 Å². The lowest BCUT2D eigenvalue weighted by Crippen LogP contribution is -2.57. The SMILES string of the molecule is CNC(=O)[C@H]1N2C(=O)[C@@H](NC(=O)[C@H](C)NC)CCS[C@H]2CC1(C)C. The minimum absolute atomic E-state index is 0.0153. The fourth-order valence-corrected chi connectivity index (χ4v) is 4.99. The first-order valence-electron chi connectivity index (χ1n) is 8.36. The molecule has 2 fully saturated rings. The minimum atomic E-state index is -0.577. The Morgan fingerprint density at radius 3 is 2.58 bits per heavy atom. The number of hydrogen-bond donors (Lipinski definition) is 3. The van der Waals surface area contributed by atoms with Crippen LogP contribution in [0.4, 0.5) is 0 Å². The highest BCUT2D eigenvalue weighted by atomic mass is 32.2. The van der Waals surface area contributed by atoms with Crippen molar-refractivity contribution in [1.82, 2.24) is 20.9 Å². The molecule has 2 aliphatic rings. The molecular weight excluding hydrogens is 328 g/mol. The van der Waals surface area contributed by atoms with E-state index in [9.17, 15) is 14.4 Å². The maximum Gasteiger partial charge on any atom is 0.246 e. The van der Waals surface area contributed by atoms with Gasteiger partial charge in [0.2, 0.25) is 17.7 Å². The van der Waals surface area contributed by atoms with Crippen molar-refractivity contribution in [2.24, 2.45) is 5.41 Å². The fraction of sp³-hybridized carbons (Fsp3) is 0.812. The molecule has 0 bridgehead atoms. The van der Waals surface area contributed by atoms with E-state index in [0.29, 0.717) is 6.42 Å². The Morgan fingerprint density at radius 1 is 1.33 bits per heavy atom. The molecule has 7 nitrogen and oxygen atoms in total. The van der Waals surface area contributed by atoms with Crippen LogP contribution in [0.1, 0.15) is 33.6 Å². The minimum Gasteiger partial charge on any atom is -0.357 e. The van der Waals surface area contributed by atoms with Crippen molar-refractivity contribution in [3.05, 3.63) is 0 Å². The molecule has 2 aliphatic heterocycles. The van der Waals surface area contributed by atoms with E-state index in [2.05, 4.69) is 16.0 Å². The topological polar surface area (TPSA) is 90.5 Å². The molecule has 136 valence electrons. The van der Waals surface area contributed by atoms with Gasteiger partial charge in [0.25, 0.3) is 0 Å². The number of carbonyl (C=O) groups is 3. The number of amides is 3. The molecule has 0 aromatic rings. The van der Waals surface area contributed by atoms with Crippen LogP contribution in [0.25, 0.3) is 0 Å². The summed E-state index contributed by atoms with van der Waals surface area (Å²) < 4.78 is 0. The summed E-state index contributed by atoms with van der Waals surface area (Å²) in [6.07, 6.45) is 1.36. The summed E-state index contributed by atoms with van der Waals surface area (Å²) in [4.78, 5) is 39.4. The van der Waals surface area contributed by atoms with Gasteiger partial charge in [0.05, 0.1) is 11.4 Å². The van der Waals surface area contributed by atoms with Crippen LogP contribution in [-0.2, 0) is 14.4 Å². The number of fused-ring (bicyclic) bond motifs is 1. The first-order chi connectivity index (χ1) is 11.2. The smallest absolute Gasteiger partial charge is 0.246 e. The molecule has 0 aliphatic carbocycles. The van der Waals surface area contributed by atoms with Gasteiger partial charge in [-0.25, -0.2) is 0 Å². The van der Waals surface area contributed by atoms with E-state index in [1.807, 2.05) is 13.8 Å². The van der Waals surface area contributed by atoms with Crippen LogP contribution in [-0.4, -0.2) is 66.0 Å². The first kappa shape index (κ1) is 19.1. The van der Waals surface area contributed by atoms with Gasteiger partial charge in [0.15, 0.2) is 0 Å². The maximum absolute atomic E-state index is 13.1. The van der Waals surface area contributed by atoms with E-state index in [1.54, 1.807) is 37.7 Å². The van der Waals surface area contributed by atoms with Crippen LogP contribution >= 0.6 is 11.8 Å². The van der Waals surface area contributed by atoms with Crippen molar-refractivity contribution < 1.29 is 14.4 Å². The monoisotopic (exact) mass is 356 g/mol. The van der Waals surface area contributed by atoms with E-state index >= 15 is 0 Å². The molecule has 2 saturated heterocycles. The third kappa shape index (κ3) is 3.54. The third-order valence-electron chi connectivity index (χ3n) is 4.94. The molecule has 2 rings (SSSR count). The second-order valence-corrected chi connectivity index (χ2v) is 8.43. The maximum atomic E-state index is 13.1. The second-order valence-electron chi connectivity index (χ2n) is 7.14. The quantitative estimate of drug-likeness (QED) is 0.655. The lowest BCUT2D eigenvalue weighted by Gasteiger charge is -2.33. The summed E-state index contributed by atoms with van der Waals surface area (Å²) in [5, 5.41) is 8.38. The lowest BCUT2D eigenvalue weighted by atomic mass is 9.84. The molecule has 3 N–H and O–H groups in total. The highest BCUT2D eigenvalue weighted by molar-refractivity contribution is 7.99. The summed E-state index contributed by atoms with van der Waals surface area (Å²) in [5.74, 6) is 0.282. The van der Waals surface area contributed by atoms with Gasteiger partial charge < -0.3 is 20.9 Å². The lowest BCUT2D eigenvalue weighted by molar-refractivity contribution is -0.143. The first-order valence-corrected chi connectivity index (χ1v) is 9.40. The van der Waals surface area contributed by atoms with Crippen LogP contribution in [0.5, 0.6) is 0 Å². The summed E-state index contributed by atoms with van der Waals surface area (Å²) in [5.41, 5.74) is -0.294. The molecule has 24 heavy (non-hydrogen) atoms. The van der Waals surface area contributed by atoms with Gasteiger partial charge >= 0.3 is 0 Å². The predicted molar refractivity (Wildman–Crippen MR) is 94.4 cm³/mol. The van der Waals surface area contributed by atoms with Crippen LogP contribution in [0.3, 0.4) is 0 Å². The van der Waals surface area contributed by atoms with Crippen LogP contribution in [0.2, 0.25) is 0 Å². The Balaban J connectivity index is 2.25. The van der Waals surface area contributed by atoms with Gasteiger partial charge in [-0.3, -0.25) is 14.4 Å². The standard InChI is InChI=1S/C16H28N4O3S/c1-9(17-4)13(21)19-10-6-7-24-11-8-16(2,3)12(14(22)18-5)20(11)15(10)23/h9-12,17H,6-8H2,1-5H3,(H,18,22)(H,19,21)/t9-,10-,11-,12+/m0/s1. The van der Waals surface area contributed by atoms with Gasteiger partial charge in [0, 0.05) is 7.05 Å². The van der Waals surface area contributed by atoms with E-state index in [-0.39, 0.29) is 34.6 Å². The van der Waals surface area contributed by atoms with E-state index in [4.69, 9.17) is 0 Å². The van der Waals surface area contributed by atoms with Gasteiger partial charge in [-0.2, -0.15) is 0 Å². The molecule has 2 heterocycles. The van der Waals surface area contributed by atoms with Crippen LogP contribution < -0.4 is 16.0 Å². The molecule has 0 saturated carbocycles. The molecule has 3 amide bonds. The van der Waals surface area contributed by atoms with Crippen LogP contribution in [0, 0.1) is 5.41 Å². The zero-order valence-electron chi connectivity index (χ0n) is 15.0. The number of likely N-dealkylation sites (N-methyl/N-ethyl adjacent to an activating group) is 2. The number of carbonyl (C=O) groups excluding carboxylic acids is 3. The molecule has 0 unspecified atom stereocenters. The molecular formula is C16H28N4O3S. The zero-order valence-corrected chi connectivity index (χ0v) is 15.8. The van der Waals surface area contributed by atoms with Crippen molar-refractivity contribution >= 4 is 29.5 Å². The van der Waals surface area contributed by atoms with Gasteiger partial charge in [-0.1, -0.05) is 13.8 Å². The van der Waals surface area contributed by atoms with Crippen molar-refractivity contribution in [2.75, 3.05) is 19.8 Å². The second kappa shape index (κ2) is 7.31. The van der Waals surface area contributed by atoms with Gasteiger partial charge in [-0.15, -0.1) is 11.8 Å². The Bertz CT molecular complexity index is 525. The van der Waals surface area contributed by atoms with E-state index in [0.717, 1.165) is 12.2 Å². The molecule has 0 radical (unpaired) electrons. The molecule has 0 aromatic heterocycles. The molecule has 4 atom stereocenters. The molecule has 8 heteroatoms. The van der Waals surface area contributed by atoms with E-state index < -0.39 is 12.1 Å². The Labute approximate surface area is 147 Å². The number of thioether (sulfide) groups is 1. The largest absolute Gasteiger partial charge is 0.357 e. The number of nitrogens with zero attached hydrogens (tertiary/aromatic N) is 1. The third-order valence-corrected chi connectivity index (χ3v) is 6.19. The average Bonchev–Trinajstić information content (AvgIpc) is 2.73.